The first-order valence-electron chi connectivity index (χ1n) is 8.17. The number of carbonyl (C=O) groups is 1. The van der Waals surface area contributed by atoms with Gasteiger partial charge in [0.25, 0.3) is 5.91 Å². The summed E-state index contributed by atoms with van der Waals surface area (Å²) in [6.45, 7) is 1.64. The zero-order valence-corrected chi connectivity index (χ0v) is 15.4. The number of nitrogens with zero attached hydrogens (tertiary/aromatic N) is 1. The van der Waals surface area contributed by atoms with E-state index in [4.69, 9.17) is 0 Å². The van der Waals surface area contributed by atoms with Gasteiger partial charge in [-0.1, -0.05) is 24.3 Å². The van der Waals surface area contributed by atoms with Crippen molar-refractivity contribution in [2.75, 3.05) is 5.43 Å². The van der Waals surface area contributed by atoms with Crippen molar-refractivity contribution in [1.29, 1.82) is 0 Å². The molecule has 0 atom stereocenters. The zero-order valence-electron chi connectivity index (χ0n) is 14.6. The molecule has 0 unspecified atom stereocenters. The van der Waals surface area contributed by atoms with Crippen molar-refractivity contribution in [1.82, 2.24) is 10.4 Å². The monoisotopic (exact) mass is 409 g/mol. The van der Waals surface area contributed by atoms with Gasteiger partial charge in [-0.3, -0.25) is 15.6 Å². The van der Waals surface area contributed by atoms with Gasteiger partial charge in [0.05, 0.1) is 22.0 Å². The fourth-order valence-corrected chi connectivity index (χ4v) is 3.53. The molecule has 1 amide bonds. The number of hydrazine groups is 1. The lowest BCUT2D eigenvalue weighted by Gasteiger charge is -2.14. The quantitative estimate of drug-likeness (QED) is 0.463. The third kappa shape index (κ3) is 4.66. The highest BCUT2D eigenvalue weighted by Gasteiger charge is 2.33. The molecule has 2 N–H and O–H groups in total. The van der Waals surface area contributed by atoms with E-state index >= 15 is 0 Å². The van der Waals surface area contributed by atoms with Crippen LogP contribution in [0.5, 0.6) is 0 Å². The molecule has 3 rings (SSSR count). The molecule has 1 aromatic heterocycles. The summed E-state index contributed by atoms with van der Waals surface area (Å²) in [5.74, 6) is -0.929. The predicted molar refractivity (Wildman–Crippen MR) is 98.6 cm³/mol. The third-order valence-corrected chi connectivity index (χ3v) is 5.02. The molecule has 0 spiro atoms. The van der Waals surface area contributed by atoms with E-state index in [9.17, 15) is 22.4 Å². The first kappa shape index (κ1) is 19.8. The number of benzene rings is 2. The molecule has 0 radical (unpaired) electrons. The van der Waals surface area contributed by atoms with Crippen LogP contribution in [0, 0.1) is 12.7 Å². The number of anilines is 1. The fourth-order valence-electron chi connectivity index (χ4n) is 2.54. The minimum Gasteiger partial charge on any atom is -0.298 e. The molecule has 0 saturated heterocycles. The van der Waals surface area contributed by atoms with Gasteiger partial charge in [0.1, 0.15) is 10.7 Å². The van der Waals surface area contributed by atoms with Crippen LogP contribution in [0.25, 0.3) is 0 Å². The normalized spacial score (nSPS) is 11.3. The van der Waals surface area contributed by atoms with Crippen molar-refractivity contribution in [3.05, 3.63) is 81.1 Å². The van der Waals surface area contributed by atoms with E-state index in [0.717, 1.165) is 23.0 Å². The zero-order chi connectivity index (χ0) is 20.3. The predicted octanol–water partition coefficient (Wildman–Crippen LogP) is 4.96. The number of nitrogens with one attached hydrogen (secondary N) is 2. The van der Waals surface area contributed by atoms with Gasteiger partial charge >= 0.3 is 6.18 Å². The van der Waals surface area contributed by atoms with E-state index in [2.05, 4.69) is 15.8 Å². The number of carbonyl (C=O) groups excluding carboxylic acids is 1. The van der Waals surface area contributed by atoms with Gasteiger partial charge < -0.3 is 0 Å². The molecule has 0 fully saturated rings. The first-order valence-corrected chi connectivity index (χ1v) is 8.99. The van der Waals surface area contributed by atoms with E-state index in [-0.39, 0.29) is 16.4 Å². The van der Waals surface area contributed by atoms with Crippen LogP contribution in [0.4, 0.5) is 23.2 Å². The maximum Gasteiger partial charge on any atom is 0.418 e. The Kier molecular flexibility index (Phi) is 5.64. The summed E-state index contributed by atoms with van der Waals surface area (Å²) in [7, 11) is 0. The van der Waals surface area contributed by atoms with Gasteiger partial charge in [-0.2, -0.15) is 13.2 Å². The van der Waals surface area contributed by atoms with E-state index in [1.807, 2.05) is 0 Å². The second kappa shape index (κ2) is 7.97. The number of rotatable bonds is 5. The van der Waals surface area contributed by atoms with E-state index < -0.39 is 17.6 Å². The molecular formula is C19H15F4N3OS. The van der Waals surface area contributed by atoms with Crippen LogP contribution in [-0.2, 0) is 12.6 Å². The maximum atomic E-state index is 13.0. The molecule has 0 aliphatic rings. The van der Waals surface area contributed by atoms with Crippen molar-refractivity contribution in [3.8, 4) is 0 Å². The molecule has 0 bridgehead atoms. The van der Waals surface area contributed by atoms with Crippen molar-refractivity contribution < 1.29 is 22.4 Å². The highest BCUT2D eigenvalue weighted by molar-refractivity contribution is 7.13. The van der Waals surface area contributed by atoms with Gasteiger partial charge in [-0.05, 0) is 36.8 Å². The van der Waals surface area contributed by atoms with Gasteiger partial charge in [-0.25, -0.2) is 9.37 Å². The van der Waals surface area contributed by atoms with Gasteiger partial charge in [-0.15, -0.1) is 11.3 Å². The average Bonchev–Trinajstić information content (AvgIpc) is 3.01. The van der Waals surface area contributed by atoms with Crippen molar-refractivity contribution in [3.63, 3.8) is 0 Å². The minimum absolute atomic E-state index is 0.253. The van der Waals surface area contributed by atoms with Crippen LogP contribution in [0.2, 0.25) is 0 Å². The molecular weight excluding hydrogens is 394 g/mol. The van der Waals surface area contributed by atoms with Crippen LogP contribution >= 0.6 is 11.3 Å². The first-order chi connectivity index (χ1) is 13.2. The topological polar surface area (TPSA) is 54.0 Å². The summed E-state index contributed by atoms with van der Waals surface area (Å²) >= 11 is 1.13. The largest absolute Gasteiger partial charge is 0.418 e. The lowest BCUT2D eigenvalue weighted by atomic mass is 10.1. The Balaban J connectivity index is 1.70. The molecule has 9 heteroatoms. The molecule has 0 saturated carbocycles. The Morgan fingerprint density at radius 1 is 1.11 bits per heavy atom. The number of aryl methyl sites for hydroxylation is 1. The molecule has 2 aromatic carbocycles. The number of halogens is 4. The van der Waals surface area contributed by atoms with Gasteiger partial charge in [0.15, 0.2) is 0 Å². The Morgan fingerprint density at radius 3 is 2.46 bits per heavy atom. The number of alkyl halides is 3. The molecule has 1 heterocycles. The summed E-state index contributed by atoms with van der Waals surface area (Å²) in [5, 5.41) is 0.643. The average molecular weight is 409 g/mol. The molecule has 28 heavy (non-hydrogen) atoms. The Hall–Kier alpha value is -2.94. The highest BCUT2D eigenvalue weighted by Crippen LogP contribution is 2.34. The second-order valence-electron chi connectivity index (χ2n) is 5.95. The van der Waals surface area contributed by atoms with Crippen molar-refractivity contribution in [2.45, 2.75) is 19.5 Å². The fraction of sp³-hybridized carbons (Fsp3) is 0.158. The summed E-state index contributed by atoms with van der Waals surface area (Å²) < 4.78 is 52.0. The Labute approximate surface area is 162 Å². The Morgan fingerprint density at radius 2 is 1.79 bits per heavy atom. The smallest absolute Gasteiger partial charge is 0.298 e. The van der Waals surface area contributed by atoms with Gasteiger partial charge in [0.2, 0.25) is 0 Å². The summed E-state index contributed by atoms with van der Waals surface area (Å²) in [6.07, 6.45) is -4.12. The number of aromatic nitrogens is 1. The van der Waals surface area contributed by atoms with E-state index in [1.165, 1.54) is 30.3 Å². The van der Waals surface area contributed by atoms with Crippen LogP contribution in [0.15, 0.2) is 48.5 Å². The van der Waals surface area contributed by atoms with Crippen LogP contribution < -0.4 is 10.9 Å². The van der Waals surface area contributed by atoms with Crippen molar-refractivity contribution in [2.24, 2.45) is 0 Å². The Bertz CT molecular complexity index is 984. The maximum absolute atomic E-state index is 13.0. The summed E-state index contributed by atoms with van der Waals surface area (Å²) in [5.41, 5.74) is 4.78. The SMILES string of the molecule is Cc1nc(Cc2ccc(F)cc2)sc1C(=O)NNc1ccccc1C(F)(F)F. The summed E-state index contributed by atoms with van der Waals surface area (Å²) in [4.78, 5) is 17.0. The second-order valence-corrected chi connectivity index (χ2v) is 7.03. The van der Waals surface area contributed by atoms with E-state index in [0.29, 0.717) is 17.1 Å². The standard InChI is InChI=1S/C19H15F4N3OS/c1-11-17(28-16(24-11)10-12-6-8-13(20)9-7-12)18(27)26-25-15-5-3-2-4-14(15)19(21,22)23/h2-9,25H,10H2,1H3,(H,26,27). The number of hydrogen-bond acceptors (Lipinski definition) is 4. The van der Waals surface area contributed by atoms with Crippen molar-refractivity contribution >= 4 is 22.9 Å². The number of hydrogen-bond donors (Lipinski definition) is 2. The summed E-state index contributed by atoms with van der Waals surface area (Å²) in [6, 6.07) is 10.8. The molecule has 3 aromatic rings. The highest BCUT2D eigenvalue weighted by atomic mass is 32.1. The number of amides is 1. The third-order valence-electron chi connectivity index (χ3n) is 3.86. The molecule has 146 valence electrons. The lowest BCUT2D eigenvalue weighted by Crippen LogP contribution is -2.30. The molecule has 0 aliphatic carbocycles. The molecule has 4 nitrogen and oxygen atoms in total. The van der Waals surface area contributed by atoms with Crippen LogP contribution in [0.1, 0.15) is 31.5 Å². The minimum atomic E-state index is -4.54. The number of thiazole rings is 1. The van der Waals surface area contributed by atoms with E-state index in [1.54, 1.807) is 19.1 Å². The lowest BCUT2D eigenvalue weighted by molar-refractivity contribution is -0.137. The number of para-hydroxylation sites is 1. The van der Waals surface area contributed by atoms with Gasteiger partial charge in [0, 0.05) is 6.42 Å². The van der Waals surface area contributed by atoms with Crippen LogP contribution in [0.3, 0.4) is 0 Å². The van der Waals surface area contributed by atoms with Crippen LogP contribution in [-0.4, -0.2) is 10.9 Å². The molecule has 0 aliphatic heterocycles.